The normalized spacial score (nSPS) is 11.2. The Labute approximate surface area is 109 Å². The van der Waals surface area contributed by atoms with E-state index in [0.29, 0.717) is 13.2 Å². The van der Waals surface area contributed by atoms with Gasteiger partial charge in [0, 0.05) is 32.8 Å². The summed E-state index contributed by atoms with van der Waals surface area (Å²) in [6.07, 6.45) is -0.0544. The van der Waals surface area contributed by atoms with Crippen molar-refractivity contribution in [2.45, 2.75) is 32.7 Å². The molecular weight excluding hydrogens is 236 g/mol. The van der Waals surface area contributed by atoms with Gasteiger partial charge in [-0.2, -0.15) is 0 Å². The highest BCUT2D eigenvalue weighted by Crippen LogP contribution is 2.15. The fourth-order valence-corrected chi connectivity index (χ4v) is 1.46. The van der Waals surface area contributed by atoms with Crippen molar-refractivity contribution in [3.63, 3.8) is 0 Å². The molecule has 0 atom stereocenters. The molecule has 0 aliphatic carbocycles. The fourth-order valence-electron chi connectivity index (χ4n) is 1.46. The van der Waals surface area contributed by atoms with E-state index >= 15 is 0 Å². The van der Waals surface area contributed by atoms with Gasteiger partial charge in [-0.3, -0.25) is 4.79 Å². The molecule has 0 spiro atoms. The standard InChI is InChI=1S/C12H24N2O4/c1-12(2,3)14(7-6-10(15)16)11(17)13(4)8-9-18-5/h6-9H2,1-5H3,(H,15,16). The lowest BCUT2D eigenvalue weighted by Crippen LogP contribution is -2.52. The van der Waals surface area contributed by atoms with Crippen LogP contribution in [-0.4, -0.2) is 66.3 Å². The molecule has 0 aliphatic rings. The first-order valence-electron chi connectivity index (χ1n) is 5.93. The molecule has 0 aromatic carbocycles. The van der Waals surface area contributed by atoms with Crippen molar-refractivity contribution >= 4 is 12.0 Å². The zero-order chi connectivity index (χ0) is 14.3. The lowest BCUT2D eigenvalue weighted by Gasteiger charge is -2.38. The van der Waals surface area contributed by atoms with Crippen LogP contribution >= 0.6 is 0 Å². The SMILES string of the molecule is COCCN(C)C(=O)N(CCC(=O)O)C(C)(C)C. The van der Waals surface area contributed by atoms with E-state index in [0.717, 1.165) is 0 Å². The molecule has 0 saturated heterocycles. The average Bonchev–Trinajstić information content (AvgIpc) is 2.23. The van der Waals surface area contributed by atoms with E-state index in [1.807, 2.05) is 20.8 Å². The molecule has 106 valence electrons. The first-order valence-corrected chi connectivity index (χ1v) is 5.93. The third kappa shape index (κ3) is 5.86. The van der Waals surface area contributed by atoms with Crippen LogP contribution in [0.3, 0.4) is 0 Å². The topological polar surface area (TPSA) is 70.1 Å². The third-order valence-electron chi connectivity index (χ3n) is 2.55. The number of hydrogen-bond acceptors (Lipinski definition) is 3. The molecule has 18 heavy (non-hydrogen) atoms. The van der Waals surface area contributed by atoms with Gasteiger partial charge in [0.15, 0.2) is 0 Å². The van der Waals surface area contributed by atoms with Crippen LogP contribution in [0.1, 0.15) is 27.2 Å². The molecule has 6 heteroatoms. The number of aliphatic carboxylic acids is 1. The van der Waals surface area contributed by atoms with Gasteiger partial charge in [-0.15, -0.1) is 0 Å². The first-order chi connectivity index (χ1) is 8.20. The highest BCUT2D eigenvalue weighted by Gasteiger charge is 2.28. The number of carbonyl (C=O) groups excluding carboxylic acids is 1. The third-order valence-corrected chi connectivity index (χ3v) is 2.55. The molecule has 0 heterocycles. The smallest absolute Gasteiger partial charge is 0.320 e. The molecule has 0 aliphatic heterocycles. The number of likely N-dealkylation sites (N-methyl/N-ethyl adjacent to an activating group) is 1. The van der Waals surface area contributed by atoms with E-state index in [1.54, 1.807) is 19.1 Å². The number of amides is 2. The average molecular weight is 260 g/mol. The van der Waals surface area contributed by atoms with Crippen molar-refractivity contribution in [3.05, 3.63) is 0 Å². The Balaban J connectivity index is 4.64. The summed E-state index contributed by atoms with van der Waals surface area (Å²) in [5.74, 6) is -0.906. The molecular formula is C12H24N2O4. The quantitative estimate of drug-likeness (QED) is 0.780. The van der Waals surface area contributed by atoms with Crippen molar-refractivity contribution in [1.29, 1.82) is 0 Å². The summed E-state index contributed by atoms with van der Waals surface area (Å²) in [5, 5.41) is 8.72. The van der Waals surface area contributed by atoms with Gasteiger partial charge in [0.1, 0.15) is 0 Å². The summed E-state index contributed by atoms with van der Waals surface area (Å²) >= 11 is 0. The molecule has 0 aromatic rings. The van der Waals surface area contributed by atoms with Crippen LogP contribution in [0.2, 0.25) is 0 Å². The summed E-state index contributed by atoms with van der Waals surface area (Å²) in [5.41, 5.74) is -0.409. The number of carboxylic acid groups (broad SMARTS) is 1. The largest absolute Gasteiger partial charge is 0.481 e. The van der Waals surface area contributed by atoms with Crippen LogP contribution in [-0.2, 0) is 9.53 Å². The summed E-state index contributed by atoms with van der Waals surface area (Å²) < 4.78 is 4.92. The second-order valence-electron chi connectivity index (χ2n) is 5.16. The zero-order valence-corrected chi connectivity index (χ0v) is 11.9. The van der Waals surface area contributed by atoms with Crippen LogP contribution in [0.5, 0.6) is 0 Å². The number of methoxy groups -OCH3 is 1. The molecule has 0 fully saturated rings. The lowest BCUT2D eigenvalue weighted by atomic mass is 10.1. The molecule has 0 radical (unpaired) electrons. The van der Waals surface area contributed by atoms with Gasteiger partial charge in [-0.05, 0) is 20.8 Å². The van der Waals surface area contributed by atoms with Gasteiger partial charge in [0.05, 0.1) is 13.0 Å². The molecule has 0 saturated carbocycles. The molecule has 0 aromatic heterocycles. The molecule has 1 N–H and O–H groups in total. The Morgan fingerprint density at radius 3 is 2.17 bits per heavy atom. The predicted molar refractivity (Wildman–Crippen MR) is 68.6 cm³/mol. The van der Waals surface area contributed by atoms with E-state index < -0.39 is 11.5 Å². The van der Waals surface area contributed by atoms with Gasteiger partial charge in [0.25, 0.3) is 0 Å². The second-order valence-corrected chi connectivity index (χ2v) is 5.16. The summed E-state index contributed by atoms with van der Waals surface area (Å²) in [6, 6.07) is -0.180. The molecule has 2 amide bonds. The van der Waals surface area contributed by atoms with Crippen molar-refractivity contribution in [3.8, 4) is 0 Å². The highest BCUT2D eigenvalue weighted by molar-refractivity contribution is 5.76. The summed E-state index contributed by atoms with van der Waals surface area (Å²) in [6.45, 7) is 6.80. The van der Waals surface area contributed by atoms with Gasteiger partial charge >= 0.3 is 12.0 Å². The molecule has 0 rings (SSSR count). The fraction of sp³-hybridized carbons (Fsp3) is 0.833. The Kier molecular flexibility index (Phi) is 6.68. The van der Waals surface area contributed by atoms with Crippen molar-refractivity contribution in [2.24, 2.45) is 0 Å². The molecule has 6 nitrogen and oxygen atoms in total. The number of ether oxygens (including phenoxy) is 1. The molecule has 0 bridgehead atoms. The van der Waals surface area contributed by atoms with Crippen molar-refractivity contribution in [2.75, 3.05) is 33.9 Å². The predicted octanol–water partition coefficient (Wildman–Crippen LogP) is 1.26. The van der Waals surface area contributed by atoms with Crippen LogP contribution < -0.4 is 0 Å². The van der Waals surface area contributed by atoms with Crippen molar-refractivity contribution < 1.29 is 19.4 Å². The number of carboxylic acids is 1. The van der Waals surface area contributed by atoms with Crippen LogP contribution in [0, 0.1) is 0 Å². The second kappa shape index (κ2) is 7.20. The molecule has 0 unspecified atom stereocenters. The maximum Gasteiger partial charge on any atom is 0.320 e. The van der Waals surface area contributed by atoms with Crippen LogP contribution in [0.4, 0.5) is 4.79 Å². The Morgan fingerprint density at radius 1 is 1.22 bits per heavy atom. The van der Waals surface area contributed by atoms with Crippen LogP contribution in [0.25, 0.3) is 0 Å². The summed E-state index contributed by atoms with van der Waals surface area (Å²) in [7, 11) is 3.26. The van der Waals surface area contributed by atoms with E-state index in [1.165, 1.54) is 4.90 Å². The monoisotopic (exact) mass is 260 g/mol. The van der Waals surface area contributed by atoms with E-state index in [4.69, 9.17) is 9.84 Å². The first kappa shape index (κ1) is 16.7. The minimum absolute atomic E-state index is 0.0544. The van der Waals surface area contributed by atoms with E-state index in [2.05, 4.69) is 0 Å². The number of hydrogen-bond donors (Lipinski definition) is 1. The van der Waals surface area contributed by atoms with E-state index in [9.17, 15) is 9.59 Å². The minimum atomic E-state index is -0.906. The number of rotatable bonds is 6. The Bertz CT molecular complexity index is 286. The number of nitrogens with zero attached hydrogens (tertiary/aromatic N) is 2. The van der Waals surface area contributed by atoms with E-state index in [-0.39, 0.29) is 19.0 Å². The van der Waals surface area contributed by atoms with Gasteiger partial charge in [-0.25, -0.2) is 4.79 Å². The maximum atomic E-state index is 12.2. The summed E-state index contributed by atoms with van der Waals surface area (Å²) in [4.78, 5) is 25.9. The number of carbonyl (C=O) groups is 2. The van der Waals surface area contributed by atoms with Gasteiger partial charge < -0.3 is 19.6 Å². The Morgan fingerprint density at radius 2 is 1.78 bits per heavy atom. The highest BCUT2D eigenvalue weighted by atomic mass is 16.5. The van der Waals surface area contributed by atoms with Crippen molar-refractivity contribution in [1.82, 2.24) is 9.80 Å². The Hall–Kier alpha value is -1.30. The number of urea groups is 1. The van der Waals surface area contributed by atoms with Gasteiger partial charge in [0.2, 0.25) is 0 Å². The maximum absolute atomic E-state index is 12.2. The van der Waals surface area contributed by atoms with Crippen LogP contribution in [0.15, 0.2) is 0 Å². The zero-order valence-electron chi connectivity index (χ0n) is 11.9. The lowest BCUT2D eigenvalue weighted by molar-refractivity contribution is -0.137. The van der Waals surface area contributed by atoms with Gasteiger partial charge in [-0.1, -0.05) is 0 Å². The minimum Gasteiger partial charge on any atom is -0.481 e.